The number of carbonyl (C=O) groups is 4. The van der Waals surface area contributed by atoms with E-state index in [1.54, 1.807) is 24.3 Å². The Bertz CT molecular complexity index is 6120. The second-order valence-electron chi connectivity index (χ2n) is 38.7. The Morgan fingerprint density at radius 2 is 0.557 bits per heavy atom. The minimum atomic E-state index is -0.750. The minimum Gasteiger partial charge on any atom is -0.480 e. The van der Waals surface area contributed by atoms with Crippen molar-refractivity contribution in [2.75, 3.05) is 164 Å². The first kappa shape index (κ1) is 102. The molecule has 8 aromatic heterocycles. The van der Waals surface area contributed by atoms with E-state index in [1.807, 2.05) is 147 Å². The molecule has 40 heteroatoms. The van der Waals surface area contributed by atoms with Crippen LogP contribution in [0.25, 0.3) is 44.7 Å². The van der Waals surface area contributed by atoms with Crippen LogP contribution >= 0.6 is 92.8 Å². The average Bonchev–Trinajstić information content (AvgIpc) is 1.59. The van der Waals surface area contributed by atoms with Gasteiger partial charge < -0.3 is 39.3 Å². The van der Waals surface area contributed by atoms with Crippen LogP contribution in [0, 0.1) is 75.0 Å². The molecule has 8 aliphatic heterocycles. The Labute approximate surface area is 854 Å². The highest BCUT2D eigenvalue weighted by Crippen LogP contribution is 2.43. The summed E-state index contributed by atoms with van der Waals surface area (Å²) in [6, 6.07) is 21.6. The van der Waals surface area contributed by atoms with E-state index in [0.717, 1.165) is 256 Å². The van der Waals surface area contributed by atoms with Crippen LogP contribution < -0.4 is 19.6 Å². The molecule has 0 spiro atoms. The molecule has 0 unspecified atom stereocenters. The molecule has 8 atom stereocenters. The number of aryl methyl sites for hydroxylation is 4. The van der Waals surface area contributed by atoms with Gasteiger partial charge in [0.15, 0.2) is 22.6 Å². The van der Waals surface area contributed by atoms with Gasteiger partial charge in [0.2, 0.25) is 0 Å². The van der Waals surface area contributed by atoms with E-state index in [2.05, 4.69) is 63.0 Å². The van der Waals surface area contributed by atoms with Crippen molar-refractivity contribution in [1.82, 2.24) is 98.6 Å². The molecule has 8 saturated heterocycles. The number of carboxylic acids is 2. The predicted octanol–water partition coefficient (Wildman–Crippen LogP) is 18.1. The van der Waals surface area contributed by atoms with Crippen molar-refractivity contribution in [3.63, 3.8) is 0 Å². The number of halogens is 8. The van der Waals surface area contributed by atoms with Crippen LogP contribution in [0.15, 0.2) is 97.6 Å². The first-order valence-electron chi connectivity index (χ1n) is 48.6. The lowest BCUT2D eigenvalue weighted by Crippen LogP contribution is -2.54. The van der Waals surface area contributed by atoms with Crippen LogP contribution in [0.1, 0.15) is 162 Å². The zero-order valence-corrected chi connectivity index (χ0v) is 86.5. The molecule has 8 aliphatic rings. The Hall–Kier alpha value is -9.68. The van der Waals surface area contributed by atoms with Crippen molar-refractivity contribution in [1.29, 1.82) is 0 Å². The van der Waals surface area contributed by atoms with Gasteiger partial charge in [-0.3, -0.25) is 38.8 Å². The lowest BCUT2D eigenvalue weighted by molar-refractivity contribution is -0.145. The fourth-order valence-electron chi connectivity index (χ4n) is 21.4. The quantitative estimate of drug-likeness (QED) is 0.0476. The van der Waals surface area contributed by atoms with Crippen molar-refractivity contribution in [2.24, 2.45) is 47.3 Å². The van der Waals surface area contributed by atoms with Gasteiger partial charge in [-0.05, 0) is 265 Å². The molecular weight excluding hydrogens is 1950 g/mol. The number of esters is 2. The van der Waals surface area contributed by atoms with Crippen LogP contribution in [-0.2, 0) is 28.7 Å². The zero-order valence-electron chi connectivity index (χ0n) is 80.5. The van der Waals surface area contributed by atoms with Crippen LogP contribution in [0.2, 0.25) is 40.2 Å². The Morgan fingerprint density at radius 1 is 0.336 bits per heavy atom. The van der Waals surface area contributed by atoms with Gasteiger partial charge in [-0.15, -0.1) is 0 Å². The number of likely N-dealkylation sites (tertiary alicyclic amines) is 4. The molecule has 0 radical (unpaired) electrons. The van der Waals surface area contributed by atoms with Gasteiger partial charge in [0.1, 0.15) is 45.3 Å². The monoisotopic (exact) mass is 2060 g/mol. The second-order valence-corrected chi connectivity index (χ2v) is 42.1. The number of aliphatic carboxylic acids is 2. The first-order chi connectivity index (χ1) is 67.3. The van der Waals surface area contributed by atoms with Crippen molar-refractivity contribution in [3.05, 3.63) is 183 Å². The Morgan fingerprint density at radius 3 is 0.764 bits per heavy atom. The zero-order chi connectivity index (χ0) is 98.8. The summed E-state index contributed by atoms with van der Waals surface area (Å²) >= 11 is 50.3. The first-order valence-corrected chi connectivity index (χ1v) is 51.6. The smallest absolute Gasteiger partial charge is 0.320 e. The number of aromatic nitrogens is 16. The number of hydrogen-bond acceptors (Lipinski definition) is 26. The molecule has 12 aromatic rings. The normalized spacial score (nSPS) is 20.2. The summed E-state index contributed by atoms with van der Waals surface area (Å²) < 4.78 is 17.9. The Balaban J connectivity index is 0.000000129. The number of carboxylic acid groups (broad SMARTS) is 2. The highest BCUT2D eigenvalue weighted by Gasteiger charge is 2.43. The molecular formula is C100H120Cl8N24O8. The molecule has 8 fully saturated rings. The summed E-state index contributed by atoms with van der Waals surface area (Å²) in [7, 11) is 0. The summed E-state index contributed by atoms with van der Waals surface area (Å²) in [6.45, 7) is 36.4. The van der Waals surface area contributed by atoms with Gasteiger partial charge in [-0.2, -0.15) is 20.4 Å². The van der Waals surface area contributed by atoms with Crippen molar-refractivity contribution in [3.8, 4) is 0 Å². The molecule has 0 aliphatic carbocycles. The van der Waals surface area contributed by atoms with Crippen LogP contribution in [-0.4, -0.2) is 277 Å². The lowest BCUT2D eigenvalue weighted by atomic mass is 9.80. The van der Waals surface area contributed by atoms with Gasteiger partial charge >= 0.3 is 23.9 Å². The molecule has 140 heavy (non-hydrogen) atoms. The fraction of sp³-hybridized carbons (Fsp3) is 0.520. The van der Waals surface area contributed by atoms with E-state index in [9.17, 15) is 19.2 Å². The highest BCUT2D eigenvalue weighted by molar-refractivity contribution is 6.37. The average molecular weight is 2070 g/mol. The van der Waals surface area contributed by atoms with Crippen LogP contribution in [0.4, 0.5) is 23.3 Å². The largest absolute Gasteiger partial charge is 0.480 e. The van der Waals surface area contributed by atoms with E-state index in [-0.39, 0.29) is 49.2 Å². The van der Waals surface area contributed by atoms with Gasteiger partial charge in [0.05, 0.1) is 111 Å². The number of rotatable bonds is 26. The highest BCUT2D eigenvalue weighted by atomic mass is 35.5. The summed E-state index contributed by atoms with van der Waals surface area (Å²) in [5.74, 6) is 6.18. The lowest BCUT2D eigenvalue weighted by Gasteiger charge is -2.46. The Kier molecular flexibility index (Phi) is 32.5. The van der Waals surface area contributed by atoms with E-state index in [4.69, 9.17) is 163 Å². The third kappa shape index (κ3) is 23.1. The van der Waals surface area contributed by atoms with Crippen molar-refractivity contribution >= 4 is 185 Å². The number of piperidine rings is 4. The number of carbonyl (C=O) groups excluding carboxylic acids is 2. The number of anilines is 4. The summed E-state index contributed by atoms with van der Waals surface area (Å²) in [6.07, 6.45) is 16.4. The van der Waals surface area contributed by atoms with E-state index in [1.165, 1.54) is 12.8 Å². The van der Waals surface area contributed by atoms with Crippen LogP contribution in [0.3, 0.4) is 0 Å². The van der Waals surface area contributed by atoms with E-state index in [0.29, 0.717) is 114 Å². The maximum atomic E-state index is 11.9. The van der Waals surface area contributed by atoms with E-state index >= 15 is 0 Å². The topological polar surface area (TPSA) is 328 Å². The number of nitrogens with zero attached hydrogens (tertiary/aromatic N) is 24. The van der Waals surface area contributed by atoms with Crippen molar-refractivity contribution in [2.45, 2.75) is 145 Å². The number of hydrogen-bond donors (Lipinski definition) is 2. The third-order valence-electron chi connectivity index (χ3n) is 29.2. The molecule has 0 amide bonds. The number of ether oxygens (including phenoxy) is 2. The standard InChI is InChI=1S/2C26H32Cl2N6O2.2C24H28Cl2N6O2/c2*1-4-36-24(35)15-32-9-5-6-18(12-32)19-13-33(14-19)23-11-29-25-16(2)31-34(26(25)30-23)17(3)21-8-7-20(27)10-22(21)28;2*1-14-23-24(32(29-14)15(2)19-6-5-18(25)8-20(19)26)28-21(9-27-23)31-11-17(12-31)16-4-3-7-30(10-16)13-22(33)34/h2*7-8,10-11,17-19H,4-6,9,12-15H2,1-3H3;2*5-6,8-9,15-17H,3-4,7,10-13H2,1-2H3,(H,33,34)/t17-,18+;17-,18-;15-,16+;15-,16-/m1111/s1. The third-order valence-corrected chi connectivity index (χ3v) is 31.4. The molecule has 0 bridgehead atoms. The van der Waals surface area contributed by atoms with Crippen LogP contribution in [0.5, 0.6) is 0 Å². The predicted molar refractivity (Wildman–Crippen MR) is 549 cm³/mol. The molecule has 0 saturated carbocycles. The van der Waals surface area contributed by atoms with Gasteiger partial charge in [-0.25, -0.2) is 58.6 Å². The number of benzene rings is 4. The SMILES string of the molecule is CCOC(=O)CN1CCC[C@@H](C2CN(c3cnc4c(C)nn([C@H](C)c5ccc(Cl)cc5Cl)c4n3)C2)C1.CCOC(=O)CN1CCC[C@H](C2CN(c3cnc4c(C)nn([C@H](C)c5ccc(Cl)cc5Cl)c4n3)C2)C1.Cc1nn([C@H](C)c2ccc(Cl)cc2Cl)c2nc(N3CC([C@@H]4CCCN(CC(=O)O)C4)C3)cnc12.Cc1nn([C@H](C)c2ccc(Cl)cc2Cl)c2nc(N3CC([C@H]4CCCN(CC(=O)O)C4)C3)cnc12. The molecule has 16 heterocycles. The van der Waals surface area contributed by atoms with Crippen molar-refractivity contribution < 1.29 is 38.9 Å². The van der Waals surface area contributed by atoms with E-state index < -0.39 is 11.9 Å². The van der Waals surface area contributed by atoms with Gasteiger partial charge in [-0.1, -0.05) is 117 Å². The second kappa shape index (κ2) is 44.7. The molecule has 20 rings (SSSR count). The minimum absolute atomic E-state index is 0.118. The fourth-order valence-corrected chi connectivity index (χ4v) is 23.6. The maximum absolute atomic E-state index is 11.9. The summed E-state index contributed by atoms with van der Waals surface area (Å²) in [5.41, 5.74) is 13.2. The molecule has 2 N–H and O–H groups in total. The molecule has 32 nitrogen and oxygen atoms in total. The molecule has 744 valence electrons. The summed E-state index contributed by atoms with van der Waals surface area (Å²) in [4.78, 5) is 102. The maximum Gasteiger partial charge on any atom is 0.320 e. The number of fused-ring (bicyclic) bond motifs is 4. The van der Waals surface area contributed by atoms with Gasteiger partial charge in [0, 0.05) is 119 Å². The van der Waals surface area contributed by atoms with Gasteiger partial charge in [0.25, 0.3) is 0 Å². The molecule has 4 aromatic carbocycles. The summed E-state index contributed by atoms with van der Waals surface area (Å²) in [5, 5.41) is 42.0.